The molecule has 16 nitrogen and oxygen atoms in total. The van der Waals surface area contributed by atoms with Gasteiger partial charge in [-0.25, -0.2) is 9.78 Å². The molecule has 0 unspecified atom stereocenters. The molecular weight excluding hydrogens is 757 g/mol. The van der Waals surface area contributed by atoms with Gasteiger partial charge in [-0.1, -0.05) is 64.4 Å². The minimum atomic E-state index is -1.19. The van der Waals surface area contributed by atoms with Crippen molar-refractivity contribution >= 4 is 35.4 Å². The van der Waals surface area contributed by atoms with Crippen LogP contribution in [0.25, 0.3) is 0 Å². The maximum absolute atomic E-state index is 14.4. The van der Waals surface area contributed by atoms with Crippen LogP contribution in [-0.4, -0.2) is 109 Å². The van der Waals surface area contributed by atoms with E-state index in [0.29, 0.717) is 63.6 Å². The second kappa shape index (κ2) is 24.4. The zero-order valence-corrected chi connectivity index (χ0v) is 35.4. The Bertz CT molecular complexity index is 1630. The summed E-state index contributed by atoms with van der Waals surface area (Å²) in [6.45, 7) is 9.36. The molecule has 328 valence electrons. The second-order valence-corrected chi connectivity index (χ2v) is 16.6. The van der Waals surface area contributed by atoms with E-state index in [-0.39, 0.29) is 43.3 Å². The van der Waals surface area contributed by atoms with Gasteiger partial charge in [0.1, 0.15) is 18.1 Å². The number of aliphatic hydroxyl groups excluding tert-OH is 1. The number of aliphatic carboxylic acids is 1. The van der Waals surface area contributed by atoms with Gasteiger partial charge >= 0.3 is 5.97 Å². The molecule has 2 aromatic rings. The molecule has 0 bridgehead atoms. The maximum atomic E-state index is 14.4. The van der Waals surface area contributed by atoms with Crippen LogP contribution < -0.4 is 27.4 Å². The summed E-state index contributed by atoms with van der Waals surface area (Å²) in [4.78, 5) is 89.8. The van der Waals surface area contributed by atoms with Gasteiger partial charge in [-0.2, -0.15) is 0 Å². The fraction of sp³-hybridized carbons (Fsp3) is 0.651. The minimum absolute atomic E-state index is 0.109. The first-order chi connectivity index (χ1) is 28.1. The first kappa shape index (κ1) is 48.7. The molecule has 10 N–H and O–H groups in total. The molecule has 7 atom stereocenters. The molecule has 1 saturated carbocycles. The van der Waals surface area contributed by atoms with Crippen LogP contribution in [0.2, 0.25) is 0 Å². The van der Waals surface area contributed by atoms with Gasteiger partial charge < -0.3 is 47.5 Å². The van der Waals surface area contributed by atoms with Crippen molar-refractivity contribution in [3.63, 3.8) is 0 Å². The SMILES string of the molecule is CC[C@H](C)[C@@H](C(=O)N[C@@H](CCCCN)C(=O)O)N(C(=O)C[C@H](O)[C@@H](N)CC(C)C)C1CCC(C(=O)[C@H](Cc2c[nH]cn2)NC(=O)[C@H](Cc2ccccc2)NC(C)=O)CC1. The lowest BCUT2D eigenvalue weighted by atomic mass is 9.79. The topological polar surface area (TPSA) is 263 Å². The Kier molecular flexibility index (Phi) is 20.2. The second-order valence-electron chi connectivity index (χ2n) is 16.6. The number of aliphatic hydroxyl groups is 1. The highest BCUT2D eigenvalue weighted by Crippen LogP contribution is 2.33. The van der Waals surface area contributed by atoms with E-state index in [1.807, 2.05) is 58.0 Å². The van der Waals surface area contributed by atoms with Crippen molar-refractivity contribution < 1.29 is 39.0 Å². The van der Waals surface area contributed by atoms with Crippen molar-refractivity contribution in [3.8, 4) is 0 Å². The Morgan fingerprint density at radius 1 is 0.915 bits per heavy atom. The number of benzene rings is 1. The molecular formula is C43H68N8O8. The average molecular weight is 825 g/mol. The number of carbonyl (C=O) groups excluding carboxylic acids is 5. The number of nitrogens with two attached hydrogens (primary N) is 2. The highest BCUT2D eigenvalue weighted by Gasteiger charge is 2.43. The zero-order valence-electron chi connectivity index (χ0n) is 35.4. The van der Waals surface area contributed by atoms with Crippen molar-refractivity contribution in [1.82, 2.24) is 30.8 Å². The molecule has 0 saturated heterocycles. The summed E-state index contributed by atoms with van der Waals surface area (Å²) in [6.07, 6.45) is 5.51. The molecule has 1 fully saturated rings. The number of hydrogen-bond acceptors (Lipinski definition) is 10. The normalized spacial score (nSPS) is 19.0. The fourth-order valence-corrected chi connectivity index (χ4v) is 7.95. The average Bonchev–Trinajstić information content (AvgIpc) is 3.71. The number of hydrogen-bond donors (Lipinski definition) is 8. The number of carboxylic acid groups (broad SMARTS) is 1. The van der Waals surface area contributed by atoms with Gasteiger partial charge in [0, 0.05) is 44.0 Å². The lowest BCUT2D eigenvalue weighted by Crippen LogP contribution is -2.60. The van der Waals surface area contributed by atoms with Gasteiger partial charge in [0.25, 0.3) is 0 Å². The van der Waals surface area contributed by atoms with Crippen LogP contribution in [0, 0.1) is 17.8 Å². The summed E-state index contributed by atoms with van der Waals surface area (Å²) in [5, 5.41) is 29.4. The van der Waals surface area contributed by atoms with Crippen molar-refractivity contribution in [2.75, 3.05) is 6.54 Å². The van der Waals surface area contributed by atoms with Gasteiger partial charge in [0.15, 0.2) is 5.78 Å². The van der Waals surface area contributed by atoms with Crippen LogP contribution >= 0.6 is 0 Å². The van der Waals surface area contributed by atoms with E-state index in [1.165, 1.54) is 18.2 Å². The molecule has 1 aliphatic carbocycles. The first-order valence-corrected chi connectivity index (χ1v) is 21.2. The molecule has 1 aliphatic rings. The number of nitrogens with zero attached hydrogens (tertiary/aromatic N) is 2. The number of unbranched alkanes of at least 4 members (excludes halogenated alkanes) is 1. The first-order valence-electron chi connectivity index (χ1n) is 21.2. The van der Waals surface area contributed by atoms with Crippen molar-refractivity contribution in [2.45, 2.75) is 154 Å². The van der Waals surface area contributed by atoms with Gasteiger partial charge in [-0.05, 0) is 75.3 Å². The van der Waals surface area contributed by atoms with Crippen LogP contribution in [0.4, 0.5) is 0 Å². The number of H-pyrrole nitrogens is 1. The van der Waals surface area contributed by atoms with Crippen LogP contribution in [0.3, 0.4) is 0 Å². The third-order valence-corrected chi connectivity index (χ3v) is 11.3. The van der Waals surface area contributed by atoms with Gasteiger partial charge in [0.05, 0.1) is 30.6 Å². The quantitative estimate of drug-likeness (QED) is 0.0674. The highest BCUT2D eigenvalue weighted by molar-refractivity contribution is 5.94. The van der Waals surface area contributed by atoms with Gasteiger partial charge in [-0.15, -0.1) is 0 Å². The molecule has 3 rings (SSSR count). The lowest BCUT2D eigenvalue weighted by molar-refractivity contribution is -0.150. The predicted molar refractivity (Wildman–Crippen MR) is 223 cm³/mol. The number of nitrogens with one attached hydrogen (secondary N) is 4. The molecule has 0 aliphatic heterocycles. The number of Topliss-reactive ketones (excluding diaryl/α,β-unsaturated/α-hetero) is 1. The van der Waals surface area contributed by atoms with Crippen molar-refractivity contribution in [3.05, 3.63) is 54.1 Å². The number of carbonyl (C=O) groups is 6. The monoisotopic (exact) mass is 825 g/mol. The van der Waals surface area contributed by atoms with E-state index in [1.54, 1.807) is 6.20 Å². The van der Waals surface area contributed by atoms with Gasteiger partial charge in [0.2, 0.25) is 23.6 Å². The summed E-state index contributed by atoms with van der Waals surface area (Å²) in [5.74, 6) is -4.12. The lowest BCUT2D eigenvalue weighted by Gasteiger charge is -2.43. The minimum Gasteiger partial charge on any atom is -0.480 e. The number of carboxylic acids is 1. The maximum Gasteiger partial charge on any atom is 0.326 e. The van der Waals surface area contributed by atoms with E-state index in [2.05, 4.69) is 25.9 Å². The summed E-state index contributed by atoms with van der Waals surface area (Å²) in [5.41, 5.74) is 13.3. The summed E-state index contributed by atoms with van der Waals surface area (Å²) in [6, 6.07) is 3.89. The molecule has 16 heteroatoms. The van der Waals surface area contributed by atoms with Gasteiger partial charge in [-0.3, -0.25) is 24.0 Å². The highest BCUT2D eigenvalue weighted by atomic mass is 16.4. The predicted octanol–water partition coefficient (Wildman–Crippen LogP) is 2.38. The van der Waals surface area contributed by atoms with E-state index in [0.717, 1.165) is 5.56 Å². The van der Waals surface area contributed by atoms with Crippen molar-refractivity contribution in [2.24, 2.45) is 29.2 Å². The third-order valence-electron chi connectivity index (χ3n) is 11.3. The number of amides is 4. The molecule has 0 radical (unpaired) electrons. The van der Waals surface area contributed by atoms with E-state index >= 15 is 0 Å². The van der Waals surface area contributed by atoms with Crippen molar-refractivity contribution in [1.29, 1.82) is 0 Å². The standard InChI is InChI=1S/C43H68N8O8/c1-6-27(4)39(42(57)49-34(43(58)59)14-10-11-19-44)51(38(54)23-37(53)33(45)20-26(2)3)32-17-15-30(16-18-32)40(55)35(22-31-24-46-25-47-31)50-41(56)36(48-28(5)52)21-29-12-8-7-9-13-29/h7-9,12-13,24-27,30,32-37,39,53H,6,10-11,14-23,44-45H2,1-5H3,(H,46,47)(H,48,52)(H,49,57)(H,50,56)(H,58,59)/t27-,30?,32?,33-,34-,35-,36-,37-,39-/m0/s1. The molecule has 1 aromatic carbocycles. The summed E-state index contributed by atoms with van der Waals surface area (Å²) in [7, 11) is 0. The number of aromatic amines is 1. The van der Waals surface area contributed by atoms with E-state index < -0.39 is 77.9 Å². The molecule has 4 amide bonds. The number of aromatic nitrogens is 2. The molecule has 59 heavy (non-hydrogen) atoms. The van der Waals surface area contributed by atoms with E-state index in [4.69, 9.17) is 11.5 Å². The Hall–Kier alpha value is -4.67. The molecule has 0 spiro atoms. The van der Waals surface area contributed by atoms with Crippen LogP contribution in [0.15, 0.2) is 42.9 Å². The third kappa shape index (κ3) is 15.5. The Labute approximate surface area is 348 Å². The zero-order chi connectivity index (χ0) is 43.6. The Morgan fingerprint density at radius 2 is 1.58 bits per heavy atom. The summed E-state index contributed by atoms with van der Waals surface area (Å²) >= 11 is 0. The van der Waals surface area contributed by atoms with E-state index in [9.17, 15) is 39.0 Å². The fourth-order valence-electron chi connectivity index (χ4n) is 7.95. The van der Waals surface area contributed by atoms with Crippen LogP contribution in [0.5, 0.6) is 0 Å². The van der Waals surface area contributed by atoms with Crippen LogP contribution in [0.1, 0.15) is 110 Å². The Morgan fingerprint density at radius 3 is 2.14 bits per heavy atom. The smallest absolute Gasteiger partial charge is 0.326 e. The van der Waals surface area contributed by atoms with Crippen LogP contribution in [-0.2, 0) is 41.6 Å². The number of imidazole rings is 1. The number of ketones is 1. The summed E-state index contributed by atoms with van der Waals surface area (Å²) < 4.78 is 0. The Balaban J connectivity index is 1.90. The molecule has 1 aromatic heterocycles. The largest absolute Gasteiger partial charge is 0.480 e. The number of rotatable bonds is 25. The molecule has 1 heterocycles.